The summed E-state index contributed by atoms with van der Waals surface area (Å²) in [4.78, 5) is 13.3. The Morgan fingerprint density at radius 1 is 0.903 bits per heavy atom. The zero-order chi connectivity index (χ0) is 22.0. The summed E-state index contributed by atoms with van der Waals surface area (Å²) < 4.78 is 0. The zero-order valence-corrected chi connectivity index (χ0v) is 20.8. The lowest BCUT2D eigenvalue weighted by Gasteiger charge is -2.62. The third kappa shape index (κ3) is 3.39. The molecule has 2 nitrogen and oxygen atoms in total. The van der Waals surface area contributed by atoms with Gasteiger partial charge in [-0.15, -0.1) is 0 Å². The maximum absolute atomic E-state index is 13.3. The molecule has 0 amide bonds. The molecule has 0 aromatic heterocycles. The van der Waals surface area contributed by atoms with Gasteiger partial charge in [0.05, 0.1) is 5.60 Å². The molecular weight excluding hydrogens is 380 g/mol. The van der Waals surface area contributed by atoms with Gasteiger partial charge in [-0.2, -0.15) is 0 Å². The summed E-state index contributed by atoms with van der Waals surface area (Å²) >= 11 is 0. The summed E-state index contributed by atoms with van der Waals surface area (Å²) in [6, 6.07) is 0. The summed E-state index contributed by atoms with van der Waals surface area (Å²) in [5.41, 5.74) is 0.431. The number of rotatable bonds is 4. The van der Waals surface area contributed by atoms with E-state index in [9.17, 15) is 9.90 Å². The van der Waals surface area contributed by atoms with Crippen molar-refractivity contribution in [1.29, 1.82) is 0 Å². The van der Waals surface area contributed by atoms with Crippen molar-refractivity contribution in [1.82, 2.24) is 0 Å². The first-order valence-corrected chi connectivity index (χ1v) is 14.0. The Balaban J connectivity index is 1.34. The second kappa shape index (κ2) is 7.85. The van der Waals surface area contributed by atoms with E-state index in [-0.39, 0.29) is 5.92 Å². The molecule has 2 heteroatoms. The Bertz CT molecular complexity index is 695. The lowest BCUT2D eigenvalue weighted by Crippen LogP contribution is -2.56. The number of Topliss-reactive ketones (excluding diaryl/α,β-unsaturated/α-hetero) is 1. The predicted molar refractivity (Wildman–Crippen MR) is 127 cm³/mol. The third-order valence-electron chi connectivity index (χ3n) is 12.4. The van der Waals surface area contributed by atoms with Gasteiger partial charge in [-0.05, 0) is 117 Å². The van der Waals surface area contributed by atoms with Crippen LogP contribution >= 0.6 is 0 Å². The number of fused-ring (bicyclic) bond motifs is 5. The number of carbonyl (C=O) groups is 1. The first-order valence-electron chi connectivity index (χ1n) is 14.0. The molecule has 9 atom stereocenters. The lowest BCUT2D eigenvalue weighted by molar-refractivity contribution is -0.154. The fourth-order valence-corrected chi connectivity index (χ4v) is 10.3. The van der Waals surface area contributed by atoms with E-state index in [2.05, 4.69) is 27.7 Å². The fourth-order valence-electron chi connectivity index (χ4n) is 10.3. The lowest BCUT2D eigenvalue weighted by atomic mass is 9.43. The summed E-state index contributed by atoms with van der Waals surface area (Å²) in [5.74, 6) is 5.16. The Morgan fingerprint density at radius 3 is 2.32 bits per heavy atom. The normalized spacial score (nSPS) is 51.1. The van der Waals surface area contributed by atoms with Crippen molar-refractivity contribution in [2.75, 3.05) is 0 Å². The molecule has 5 saturated carbocycles. The molecular formula is C29H48O2. The van der Waals surface area contributed by atoms with Gasteiger partial charge < -0.3 is 5.11 Å². The Labute approximate surface area is 191 Å². The molecule has 0 saturated heterocycles. The second-order valence-corrected chi connectivity index (χ2v) is 13.3. The van der Waals surface area contributed by atoms with Gasteiger partial charge in [-0.1, -0.05) is 40.5 Å². The van der Waals surface area contributed by atoms with Crippen molar-refractivity contribution in [3.8, 4) is 0 Å². The molecule has 5 fully saturated rings. The van der Waals surface area contributed by atoms with Crippen molar-refractivity contribution in [3.05, 3.63) is 0 Å². The zero-order valence-electron chi connectivity index (χ0n) is 20.8. The summed E-state index contributed by atoms with van der Waals surface area (Å²) in [7, 11) is 0. The van der Waals surface area contributed by atoms with E-state index in [1.807, 2.05) is 0 Å². The average molecular weight is 429 g/mol. The summed E-state index contributed by atoms with van der Waals surface area (Å²) in [6.45, 7) is 9.67. The van der Waals surface area contributed by atoms with Crippen LogP contribution in [0.3, 0.4) is 0 Å². The summed E-state index contributed by atoms with van der Waals surface area (Å²) in [5, 5.41) is 11.0. The molecule has 176 valence electrons. The van der Waals surface area contributed by atoms with Gasteiger partial charge in [0.15, 0.2) is 0 Å². The second-order valence-electron chi connectivity index (χ2n) is 13.3. The Hall–Kier alpha value is -0.370. The van der Waals surface area contributed by atoms with Crippen LogP contribution in [0.4, 0.5) is 0 Å². The van der Waals surface area contributed by atoms with Crippen LogP contribution in [-0.4, -0.2) is 16.5 Å². The van der Waals surface area contributed by atoms with Gasteiger partial charge in [-0.25, -0.2) is 0 Å². The highest BCUT2D eigenvalue weighted by atomic mass is 16.3. The van der Waals surface area contributed by atoms with E-state index >= 15 is 0 Å². The molecule has 0 radical (unpaired) electrons. The minimum atomic E-state index is -0.394. The highest BCUT2D eigenvalue weighted by molar-refractivity contribution is 5.83. The van der Waals surface area contributed by atoms with Crippen molar-refractivity contribution in [3.63, 3.8) is 0 Å². The van der Waals surface area contributed by atoms with Crippen LogP contribution in [-0.2, 0) is 4.79 Å². The quantitative estimate of drug-likeness (QED) is 0.515. The first kappa shape index (κ1) is 22.4. The molecule has 0 bridgehead atoms. The van der Waals surface area contributed by atoms with Crippen LogP contribution in [0.2, 0.25) is 0 Å². The van der Waals surface area contributed by atoms with Crippen LogP contribution < -0.4 is 0 Å². The standard InChI is InChI=1S/C29H48O2/c1-5-29(31)17-16-27(3)21(18-29)10-11-22-24-13-12-23(28(24,4)15-14-25(22)27)19(2)26(30)20-8-6-7-9-20/h19-25,31H,5-18H2,1-4H3/t19-,21-,22-,23+,24-,25-,27-,28+,29-/m0/s1. The fraction of sp³-hybridized carbons (Fsp3) is 0.966. The summed E-state index contributed by atoms with van der Waals surface area (Å²) in [6.07, 6.45) is 17.1. The maximum atomic E-state index is 13.3. The number of hydrogen-bond acceptors (Lipinski definition) is 2. The van der Waals surface area contributed by atoms with Gasteiger partial charge in [0.25, 0.3) is 0 Å². The number of ketones is 1. The largest absolute Gasteiger partial charge is 0.390 e. The van der Waals surface area contributed by atoms with Crippen LogP contribution in [0.15, 0.2) is 0 Å². The van der Waals surface area contributed by atoms with Crippen LogP contribution in [0, 0.1) is 52.3 Å². The molecule has 0 heterocycles. The molecule has 0 aliphatic heterocycles. The monoisotopic (exact) mass is 428 g/mol. The van der Waals surface area contributed by atoms with Gasteiger partial charge in [0.2, 0.25) is 0 Å². The highest BCUT2D eigenvalue weighted by Gasteiger charge is 2.62. The Morgan fingerprint density at radius 2 is 1.61 bits per heavy atom. The van der Waals surface area contributed by atoms with Gasteiger partial charge in [0, 0.05) is 11.8 Å². The topological polar surface area (TPSA) is 37.3 Å². The van der Waals surface area contributed by atoms with Crippen LogP contribution in [0.25, 0.3) is 0 Å². The molecule has 31 heavy (non-hydrogen) atoms. The smallest absolute Gasteiger partial charge is 0.139 e. The first-order chi connectivity index (χ1) is 14.7. The number of carbonyl (C=O) groups excluding carboxylic acids is 1. The van der Waals surface area contributed by atoms with Crippen LogP contribution in [0.1, 0.15) is 118 Å². The van der Waals surface area contributed by atoms with Crippen molar-refractivity contribution in [2.24, 2.45) is 52.3 Å². The molecule has 5 rings (SSSR count). The van der Waals surface area contributed by atoms with E-state index in [0.29, 0.717) is 28.4 Å². The minimum absolute atomic E-state index is 0.274. The number of aliphatic hydroxyl groups is 1. The number of hydrogen-bond donors (Lipinski definition) is 1. The maximum Gasteiger partial charge on any atom is 0.139 e. The van der Waals surface area contributed by atoms with Gasteiger partial charge in [0.1, 0.15) is 5.78 Å². The Kier molecular flexibility index (Phi) is 5.68. The van der Waals surface area contributed by atoms with Gasteiger partial charge in [-0.3, -0.25) is 4.79 Å². The van der Waals surface area contributed by atoms with Crippen molar-refractivity contribution < 1.29 is 9.90 Å². The molecule has 5 aliphatic rings. The van der Waals surface area contributed by atoms with E-state index in [0.717, 1.165) is 55.8 Å². The molecule has 0 unspecified atom stereocenters. The van der Waals surface area contributed by atoms with E-state index in [4.69, 9.17) is 0 Å². The van der Waals surface area contributed by atoms with Crippen molar-refractivity contribution in [2.45, 2.75) is 123 Å². The van der Waals surface area contributed by atoms with E-state index < -0.39 is 5.60 Å². The van der Waals surface area contributed by atoms with Crippen LogP contribution in [0.5, 0.6) is 0 Å². The SMILES string of the molecule is CC[C@]1(O)CC[C@@]2(C)[C@@H](CC[C@@H]3[C@@H]2CC[C@]2(C)[C@@H]([C@H](C)C(=O)C4CCCC4)CC[C@@H]32)C1. The van der Waals surface area contributed by atoms with Gasteiger partial charge >= 0.3 is 0 Å². The molecule has 1 N–H and O–H groups in total. The molecule has 0 aromatic carbocycles. The highest BCUT2D eigenvalue weighted by Crippen LogP contribution is 2.69. The molecule has 0 spiro atoms. The average Bonchev–Trinajstić information content (AvgIpc) is 3.41. The molecule has 5 aliphatic carbocycles. The predicted octanol–water partition coefficient (Wildman–Crippen LogP) is 7.18. The van der Waals surface area contributed by atoms with E-state index in [1.54, 1.807) is 0 Å². The minimum Gasteiger partial charge on any atom is -0.390 e. The third-order valence-corrected chi connectivity index (χ3v) is 12.4. The van der Waals surface area contributed by atoms with Crippen molar-refractivity contribution >= 4 is 5.78 Å². The molecule has 0 aromatic rings. The van der Waals surface area contributed by atoms with E-state index in [1.165, 1.54) is 57.8 Å².